The maximum Gasteiger partial charge on any atom is 0.306 e. The third kappa shape index (κ3) is 3.95. The summed E-state index contributed by atoms with van der Waals surface area (Å²) in [6.45, 7) is -0.243. The maximum absolute atomic E-state index is 13.0. The summed E-state index contributed by atoms with van der Waals surface area (Å²) in [7, 11) is 0. The monoisotopic (exact) mass is 214 g/mol. The quantitative estimate of drug-likeness (QED) is 0.768. The number of ether oxygens (including phenoxy) is 1. The molecule has 0 saturated carbocycles. The Kier molecular flexibility index (Phi) is 4.05. The van der Waals surface area contributed by atoms with Crippen molar-refractivity contribution in [1.82, 2.24) is 0 Å². The summed E-state index contributed by atoms with van der Waals surface area (Å²) in [6.07, 6.45) is -1.56. The number of aliphatic carboxylic acids is 1. The molecule has 1 unspecified atom stereocenters. The highest BCUT2D eigenvalue weighted by Crippen LogP contribution is 2.15. The molecular weight excluding hydrogens is 203 g/mol. The Morgan fingerprint density at radius 3 is 2.73 bits per heavy atom. The Morgan fingerprint density at radius 1 is 1.47 bits per heavy atom. The summed E-state index contributed by atoms with van der Waals surface area (Å²) in [4.78, 5) is 10.2. The highest BCUT2D eigenvalue weighted by atomic mass is 19.1. The van der Waals surface area contributed by atoms with Gasteiger partial charge in [-0.1, -0.05) is 12.1 Å². The van der Waals surface area contributed by atoms with Gasteiger partial charge in [-0.3, -0.25) is 4.79 Å². The summed E-state index contributed by atoms with van der Waals surface area (Å²) in [5, 5.41) is 17.5. The number of hydrogen-bond acceptors (Lipinski definition) is 3. The van der Waals surface area contributed by atoms with Crippen molar-refractivity contribution in [2.75, 3.05) is 6.61 Å². The average molecular weight is 214 g/mol. The van der Waals surface area contributed by atoms with E-state index in [1.54, 1.807) is 6.07 Å². The van der Waals surface area contributed by atoms with Gasteiger partial charge < -0.3 is 14.9 Å². The SMILES string of the molecule is O=C(O)CC(O)COc1ccccc1F. The lowest BCUT2D eigenvalue weighted by molar-refractivity contribution is -0.139. The molecule has 2 N–H and O–H groups in total. The molecule has 0 amide bonds. The van der Waals surface area contributed by atoms with Crippen molar-refractivity contribution >= 4 is 5.97 Å². The van der Waals surface area contributed by atoms with Crippen molar-refractivity contribution in [2.45, 2.75) is 12.5 Å². The standard InChI is InChI=1S/C10H11FO4/c11-8-3-1-2-4-9(8)15-6-7(12)5-10(13)14/h1-4,7,12H,5-6H2,(H,13,14). The number of para-hydroxylation sites is 1. The first kappa shape index (κ1) is 11.5. The highest BCUT2D eigenvalue weighted by Gasteiger charge is 2.11. The minimum Gasteiger partial charge on any atom is -0.488 e. The molecule has 0 radical (unpaired) electrons. The van der Waals surface area contributed by atoms with Crippen LogP contribution in [-0.4, -0.2) is 28.9 Å². The molecule has 4 nitrogen and oxygen atoms in total. The zero-order valence-corrected chi connectivity index (χ0v) is 7.89. The molecule has 0 heterocycles. The van der Waals surface area contributed by atoms with E-state index in [0.717, 1.165) is 0 Å². The number of carboxylic acid groups (broad SMARTS) is 1. The number of aliphatic hydroxyl groups excluding tert-OH is 1. The minimum absolute atomic E-state index is 0.00180. The molecule has 0 aliphatic rings. The number of rotatable bonds is 5. The van der Waals surface area contributed by atoms with E-state index in [1.807, 2.05) is 0 Å². The Bertz CT molecular complexity index is 340. The van der Waals surface area contributed by atoms with Gasteiger partial charge in [0, 0.05) is 0 Å². The first-order valence-corrected chi connectivity index (χ1v) is 4.37. The van der Waals surface area contributed by atoms with Crippen LogP contribution in [0.25, 0.3) is 0 Å². The van der Waals surface area contributed by atoms with Crippen molar-refractivity contribution in [3.8, 4) is 5.75 Å². The lowest BCUT2D eigenvalue weighted by Gasteiger charge is -2.10. The second kappa shape index (κ2) is 5.31. The molecule has 5 heteroatoms. The summed E-state index contributed by atoms with van der Waals surface area (Å²) in [5.41, 5.74) is 0. The number of carboxylic acids is 1. The predicted molar refractivity (Wildman–Crippen MR) is 50.2 cm³/mol. The molecule has 1 aromatic carbocycles. The van der Waals surface area contributed by atoms with Gasteiger partial charge in [0.15, 0.2) is 11.6 Å². The van der Waals surface area contributed by atoms with Crippen molar-refractivity contribution < 1.29 is 24.1 Å². The Morgan fingerprint density at radius 2 is 2.13 bits per heavy atom. The molecule has 1 rings (SSSR count). The number of hydrogen-bond donors (Lipinski definition) is 2. The van der Waals surface area contributed by atoms with E-state index in [1.165, 1.54) is 18.2 Å². The van der Waals surface area contributed by atoms with Crippen molar-refractivity contribution in [2.24, 2.45) is 0 Å². The number of carbonyl (C=O) groups is 1. The van der Waals surface area contributed by atoms with Crippen molar-refractivity contribution in [1.29, 1.82) is 0 Å². The largest absolute Gasteiger partial charge is 0.488 e. The third-order valence-corrected chi connectivity index (χ3v) is 1.68. The van der Waals surface area contributed by atoms with E-state index >= 15 is 0 Å². The molecule has 0 saturated heterocycles. The molecule has 1 aromatic rings. The fourth-order valence-corrected chi connectivity index (χ4v) is 1.01. The molecule has 0 aliphatic carbocycles. The summed E-state index contributed by atoms with van der Waals surface area (Å²) in [5.74, 6) is -1.67. The molecule has 0 spiro atoms. The number of aliphatic hydroxyl groups is 1. The van der Waals surface area contributed by atoms with Gasteiger partial charge in [0.2, 0.25) is 0 Å². The first-order valence-electron chi connectivity index (χ1n) is 4.37. The van der Waals surface area contributed by atoms with Crippen LogP contribution in [0.15, 0.2) is 24.3 Å². The predicted octanol–water partition coefficient (Wildman–Crippen LogP) is 1.04. The van der Waals surface area contributed by atoms with Crippen LogP contribution >= 0.6 is 0 Å². The van der Waals surface area contributed by atoms with Crippen molar-refractivity contribution in [3.05, 3.63) is 30.1 Å². The van der Waals surface area contributed by atoms with Gasteiger partial charge in [-0.2, -0.15) is 0 Å². The average Bonchev–Trinajstić information content (AvgIpc) is 2.15. The first-order chi connectivity index (χ1) is 7.09. The van der Waals surface area contributed by atoms with E-state index in [9.17, 15) is 9.18 Å². The highest BCUT2D eigenvalue weighted by molar-refractivity contribution is 5.67. The second-order valence-corrected chi connectivity index (χ2v) is 2.99. The summed E-state index contributed by atoms with van der Waals surface area (Å²) < 4.78 is 17.9. The lowest BCUT2D eigenvalue weighted by atomic mass is 10.3. The Labute approximate surface area is 85.9 Å². The van der Waals surface area contributed by atoms with Gasteiger partial charge in [-0.25, -0.2) is 4.39 Å². The van der Waals surface area contributed by atoms with Crippen LogP contribution in [0, 0.1) is 5.82 Å². The second-order valence-electron chi connectivity index (χ2n) is 2.99. The fraction of sp³-hybridized carbons (Fsp3) is 0.300. The molecule has 0 fully saturated rings. The number of benzene rings is 1. The topological polar surface area (TPSA) is 66.8 Å². The zero-order chi connectivity index (χ0) is 11.3. The molecule has 0 aliphatic heterocycles. The van der Waals surface area contributed by atoms with Crippen molar-refractivity contribution in [3.63, 3.8) is 0 Å². The maximum atomic E-state index is 13.0. The Balaban J connectivity index is 2.43. The smallest absolute Gasteiger partial charge is 0.306 e. The summed E-state index contributed by atoms with van der Waals surface area (Å²) >= 11 is 0. The van der Waals surface area contributed by atoms with E-state index < -0.39 is 24.3 Å². The zero-order valence-electron chi connectivity index (χ0n) is 7.89. The van der Waals surface area contributed by atoms with Gasteiger partial charge in [0.05, 0.1) is 12.5 Å². The van der Waals surface area contributed by atoms with E-state index in [4.69, 9.17) is 14.9 Å². The molecule has 0 aromatic heterocycles. The molecule has 82 valence electrons. The third-order valence-electron chi connectivity index (χ3n) is 1.68. The van der Waals surface area contributed by atoms with Gasteiger partial charge in [0.25, 0.3) is 0 Å². The van der Waals surface area contributed by atoms with Crippen LogP contribution in [0.3, 0.4) is 0 Å². The van der Waals surface area contributed by atoms with Crippen LogP contribution in [-0.2, 0) is 4.79 Å². The summed E-state index contributed by atoms with van der Waals surface area (Å²) in [6, 6.07) is 5.72. The van der Waals surface area contributed by atoms with Crippen LogP contribution in [0.5, 0.6) is 5.75 Å². The normalized spacial score (nSPS) is 12.1. The molecule has 15 heavy (non-hydrogen) atoms. The van der Waals surface area contributed by atoms with E-state index in [0.29, 0.717) is 0 Å². The molecule has 0 bridgehead atoms. The van der Waals surface area contributed by atoms with Crippen LogP contribution < -0.4 is 4.74 Å². The van der Waals surface area contributed by atoms with Gasteiger partial charge >= 0.3 is 5.97 Å². The number of halogens is 1. The van der Waals surface area contributed by atoms with E-state index in [2.05, 4.69) is 0 Å². The lowest BCUT2D eigenvalue weighted by Crippen LogP contribution is -2.21. The van der Waals surface area contributed by atoms with Gasteiger partial charge in [-0.05, 0) is 12.1 Å². The molecule has 1 atom stereocenters. The minimum atomic E-state index is -1.14. The van der Waals surface area contributed by atoms with Crippen LogP contribution in [0.1, 0.15) is 6.42 Å². The Hall–Kier alpha value is -1.62. The van der Waals surface area contributed by atoms with Gasteiger partial charge in [0.1, 0.15) is 6.61 Å². The van der Waals surface area contributed by atoms with Crippen LogP contribution in [0.4, 0.5) is 4.39 Å². The molecular formula is C10H11FO4. The van der Waals surface area contributed by atoms with Gasteiger partial charge in [-0.15, -0.1) is 0 Å². The fourth-order valence-electron chi connectivity index (χ4n) is 1.01. The van der Waals surface area contributed by atoms with E-state index in [-0.39, 0.29) is 12.4 Å². The van der Waals surface area contributed by atoms with Crippen LogP contribution in [0.2, 0.25) is 0 Å².